The van der Waals surface area contributed by atoms with Crippen LogP contribution in [0.2, 0.25) is 0 Å². The summed E-state index contributed by atoms with van der Waals surface area (Å²) in [6.07, 6.45) is 1.10. The summed E-state index contributed by atoms with van der Waals surface area (Å²) in [5, 5.41) is 10.3. The molecule has 4 heterocycles. The molecule has 0 N–H and O–H groups in total. The third-order valence-corrected chi connectivity index (χ3v) is 25.4. The van der Waals surface area contributed by atoms with Crippen molar-refractivity contribution in [1.82, 2.24) is 18.3 Å². The van der Waals surface area contributed by atoms with E-state index in [0.717, 1.165) is 19.8 Å². The number of hydrogen-bond acceptors (Lipinski definition) is 0. The number of nitrogens with zero attached hydrogens (tertiary/aromatic N) is 4. The summed E-state index contributed by atoms with van der Waals surface area (Å²) >= 11 is 10.7. The molecule has 24 aromatic rings. The van der Waals surface area contributed by atoms with E-state index in [-0.39, 0.29) is 52.8 Å². The Hall–Kier alpha value is -13.3. The summed E-state index contributed by atoms with van der Waals surface area (Å²) in [5.41, 5.74) is 32.8. The fraction of sp³-hybridized carbons (Fsp3) is 0.00826. The van der Waals surface area contributed by atoms with Crippen LogP contribution < -0.4 is 51.4 Å². The molecule has 1 aliphatic rings. The molecule has 0 radical (unpaired) electrons. The first-order chi connectivity index (χ1) is 63.3. The fourth-order valence-corrected chi connectivity index (χ4v) is 19.2. The largest absolute Gasteiger partial charge is 1.00 e. The van der Waals surface area contributed by atoms with Crippen LogP contribution in [0.5, 0.6) is 0 Å². The first-order valence-corrected chi connectivity index (χ1v) is 45.6. The maximum atomic E-state index is 3.62. The van der Waals surface area contributed by atoms with Gasteiger partial charge in [-0.3, -0.25) is 0 Å². The van der Waals surface area contributed by atoms with E-state index in [4.69, 9.17) is 0 Å². The molecule has 25 rings (SSSR count). The summed E-state index contributed by atoms with van der Waals surface area (Å²) in [4.78, 5) is 0. The van der Waals surface area contributed by atoms with Crippen molar-refractivity contribution in [3.05, 3.63) is 528 Å². The van der Waals surface area contributed by atoms with Crippen molar-refractivity contribution in [3.8, 4) is 89.5 Å². The molecule has 8 heteroatoms. The van der Waals surface area contributed by atoms with E-state index in [2.05, 4.69) is 551 Å². The van der Waals surface area contributed by atoms with Gasteiger partial charge in [0.15, 0.2) is 0 Å². The Balaban J connectivity index is 0.000000107. The van der Waals surface area contributed by atoms with Gasteiger partial charge < -0.3 is 19.7 Å². The van der Waals surface area contributed by atoms with Gasteiger partial charge in [-0.25, -0.2) is 0 Å². The number of aromatic nitrogens is 4. The smallest absolute Gasteiger partial charge is 1.00 e. The minimum Gasteiger partial charge on any atom is -1.00 e. The molecule has 0 fully saturated rings. The summed E-state index contributed by atoms with van der Waals surface area (Å²) in [6.45, 7) is 0. The molecule has 0 spiro atoms. The van der Waals surface area contributed by atoms with E-state index in [1.807, 2.05) is 18.2 Å². The molecule has 0 bridgehead atoms. The van der Waals surface area contributed by atoms with Crippen LogP contribution in [0.15, 0.2) is 517 Å². The van der Waals surface area contributed by atoms with Gasteiger partial charge in [0.2, 0.25) is 0 Å². The Morgan fingerprint density at radius 3 is 0.628 bits per heavy atom. The van der Waals surface area contributed by atoms with E-state index in [0.29, 0.717) is 0 Å². The minimum absolute atomic E-state index is 0. The van der Waals surface area contributed by atoms with Crippen molar-refractivity contribution in [2.45, 2.75) is 6.42 Å². The van der Waals surface area contributed by atoms with Gasteiger partial charge in [0, 0.05) is 79.3 Å². The predicted octanol–water partition coefficient (Wildman–Crippen LogP) is 31.8. The van der Waals surface area contributed by atoms with Crippen LogP contribution >= 0.6 is 47.8 Å². The average molecular weight is 1870 g/mol. The molecule has 0 amide bonds. The third-order valence-electron chi connectivity index (χ3n) is 23.9. The SMILES string of the molecule is Brc1ccc2c(c1)c1ccccc1n2-c1cccc(-c2ccccc2)c1.Brc1ccc2c(c1)c1ccccc1n2-c1cccc(-c2ccccc2)c1.Brc1cccc(-c2ccccc2)c1.[H-].[K+].c1ccc(-c2cccc(-n3c4ccccc4c4ccccc43)c2)cc1.c1ccc(-c2cccc(-n3c4ccccc4c4ccccc43)c2)cc1.c1ccc2c(c1)Cc1ccccc1-2. The Morgan fingerprint density at radius 1 is 0.155 bits per heavy atom. The van der Waals surface area contributed by atoms with E-state index in [1.54, 1.807) is 0 Å². The van der Waals surface area contributed by atoms with Crippen LogP contribution in [0.25, 0.3) is 177 Å². The maximum absolute atomic E-state index is 3.62. The van der Waals surface area contributed by atoms with Gasteiger partial charge in [-0.15, -0.1) is 0 Å². The zero-order chi connectivity index (χ0) is 86.1. The normalized spacial score (nSPS) is 11.1. The van der Waals surface area contributed by atoms with Gasteiger partial charge in [-0.05, 0) is 218 Å². The average Bonchev–Trinajstić information content (AvgIpc) is 1.61. The first kappa shape index (κ1) is 85.1. The first-order valence-electron chi connectivity index (χ1n) is 43.2. The quantitative estimate of drug-likeness (QED) is 0.128. The number of rotatable bonds is 9. The van der Waals surface area contributed by atoms with Crippen molar-refractivity contribution in [2.75, 3.05) is 0 Å². The molecule has 0 saturated carbocycles. The number of hydrogen-bond donors (Lipinski definition) is 0. The van der Waals surface area contributed by atoms with Crippen molar-refractivity contribution in [3.63, 3.8) is 0 Å². The molecular weight excluding hydrogens is 1790 g/mol. The molecular formula is C121H86Br3KN4. The minimum atomic E-state index is 0. The van der Waals surface area contributed by atoms with Crippen LogP contribution in [0, 0.1) is 0 Å². The molecule has 20 aromatic carbocycles. The van der Waals surface area contributed by atoms with Crippen molar-refractivity contribution < 1.29 is 52.8 Å². The molecule has 612 valence electrons. The summed E-state index contributed by atoms with van der Waals surface area (Å²) in [6, 6.07) is 178. The summed E-state index contributed by atoms with van der Waals surface area (Å²) in [5.74, 6) is 0. The van der Waals surface area contributed by atoms with Gasteiger partial charge >= 0.3 is 51.4 Å². The number of benzene rings is 20. The van der Waals surface area contributed by atoms with Crippen molar-refractivity contribution in [1.29, 1.82) is 0 Å². The summed E-state index contributed by atoms with van der Waals surface area (Å²) < 4.78 is 12.7. The molecule has 0 aliphatic heterocycles. The van der Waals surface area contributed by atoms with E-state index in [9.17, 15) is 0 Å². The van der Waals surface area contributed by atoms with E-state index < -0.39 is 0 Å². The van der Waals surface area contributed by atoms with Gasteiger partial charge in [-0.1, -0.05) is 418 Å². The zero-order valence-electron chi connectivity index (χ0n) is 72.0. The zero-order valence-corrected chi connectivity index (χ0v) is 78.9. The molecule has 4 aromatic heterocycles. The molecule has 1 aliphatic carbocycles. The van der Waals surface area contributed by atoms with Crippen LogP contribution in [0.3, 0.4) is 0 Å². The summed E-state index contributed by atoms with van der Waals surface area (Å²) in [7, 11) is 0. The second-order valence-electron chi connectivity index (χ2n) is 31.8. The Bertz CT molecular complexity index is 7540. The van der Waals surface area contributed by atoms with Gasteiger partial charge in [0.1, 0.15) is 0 Å². The third kappa shape index (κ3) is 18.2. The molecule has 0 atom stereocenters. The maximum Gasteiger partial charge on any atom is 1.00 e. The standard InChI is InChI=1S/2C24H16BrN.2C24H17N.C13H10.C12H9Br.K.H/c2*25-19-13-14-24-22(16-19)21-11-4-5-12-23(21)26(24)20-10-6-9-18(15-20)17-7-2-1-3-8-17;2*1-2-9-18(10-3-1)19-11-8-12-20(17-19)25-23-15-6-4-13-21(23)22-14-5-7-16-24(22)25;1-3-7-12-10(5-1)9-11-6-2-4-8-13(11)12;13-12-8-4-7-11(9-12)10-5-2-1-3-6-10;;/h2*1-16H;2*1-17H;1-8H,9H2;1-9H;;/q;;;;;;+1;-1. The van der Waals surface area contributed by atoms with Crippen LogP contribution in [0.4, 0.5) is 0 Å². The number of halogens is 3. The molecule has 129 heavy (non-hydrogen) atoms. The molecule has 4 nitrogen and oxygen atoms in total. The number of para-hydroxylation sites is 6. The van der Waals surface area contributed by atoms with Crippen LogP contribution in [-0.4, -0.2) is 18.3 Å². The molecule has 0 saturated heterocycles. The van der Waals surface area contributed by atoms with E-state index >= 15 is 0 Å². The predicted molar refractivity (Wildman–Crippen MR) is 556 cm³/mol. The second kappa shape index (κ2) is 39.5. The fourth-order valence-electron chi connectivity index (χ4n) is 18.0. The van der Waals surface area contributed by atoms with E-state index in [1.165, 1.54) is 188 Å². The Labute approximate surface area is 821 Å². The second-order valence-corrected chi connectivity index (χ2v) is 34.5. The monoisotopic (exact) mass is 1870 g/mol. The van der Waals surface area contributed by atoms with Gasteiger partial charge in [-0.2, -0.15) is 0 Å². The van der Waals surface area contributed by atoms with Gasteiger partial charge in [0.25, 0.3) is 0 Å². The van der Waals surface area contributed by atoms with Gasteiger partial charge in [0.05, 0.1) is 44.1 Å². The van der Waals surface area contributed by atoms with Crippen LogP contribution in [-0.2, 0) is 6.42 Å². The Kier molecular flexibility index (Phi) is 26.1. The van der Waals surface area contributed by atoms with Crippen molar-refractivity contribution in [2.24, 2.45) is 0 Å². The molecule has 0 unspecified atom stereocenters. The van der Waals surface area contributed by atoms with Crippen LogP contribution in [0.1, 0.15) is 12.6 Å². The Morgan fingerprint density at radius 2 is 0.357 bits per heavy atom. The number of fused-ring (bicyclic) bond motifs is 15. The van der Waals surface area contributed by atoms with Crippen molar-refractivity contribution >= 4 is 135 Å². The topological polar surface area (TPSA) is 19.7 Å².